The molecular weight excluding hydrogens is 370 g/mol. The highest BCUT2D eigenvalue weighted by molar-refractivity contribution is 7.13. The van der Waals surface area contributed by atoms with Crippen LogP contribution < -0.4 is 9.47 Å². The standard InChI is InChI=1S/C23H17NO3S/c1-25-15-9-7-14(8-10-15)18-13-28-23(24-18)17-11-12-20(26-2)22-21(17)16-5-3-4-6-19(16)27-22/h3-13H,1-2H3. The smallest absolute Gasteiger partial charge is 0.177 e. The van der Waals surface area contributed by atoms with E-state index in [1.54, 1.807) is 25.6 Å². The summed E-state index contributed by atoms with van der Waals surface area (Å²) in [5, 5.41) is 5.12. The van der Waals surface area contributed by atoms with Gasteiger partial charge in [0.05, 0.1) is 19.9 Å². The van der Waals surface area contributed by atoms with Crippen molar-refractivity contribution in [1.82, 2.24) is 4.98 Å². The van der Waals surface area contributed by atoms with Crippen molar-refractivity contribution in [3.8, 4) is 33.3 Å². The molecule has 5 rings (SSSR count). The van der Waals surface area contributed by atoms with Crippen molar-refractivity contribution >= 4 is 33.3 Å². The van der Waals surface area contributed by atoms with Crippen LogP contribution in [0.1, 0.15) is 0 Å². The van der Waals surface area contributed by atoms with Crippen molar-refractivity contribution in [3.05, 3.63) is 66.0 Å². The monoisotopic (exact) mass is 387 g/mol. The van der Waals surface area contributed by atoms with E-state index in [4.69, 9.17) is 18.9 Å². The van der Waals surface area contributed by atoms with Gasteiger partial charge in [-0.15, -0.1) is 11.3 Å². The lowest BCUT2D eigenvalue weighted by Crippen LogP contribution is -1.86. The van der Waals surface area contributed by atoms with Gasteiger partial charge in [0.25, 0.3) is 0 Å². The molecule has 0 atom stereocenters. The molecule has 3 aromatic carbocycles. The maximum absolute atomic E-state index is 6.09. The first-order valence-electron chi connectivity index (χ1n) is 8.87. The number of rotatable bonds is 4. The summed E-state index contributed by atoms with van der Waals surface area (Å²) in [7, 11) is 3.33. The number of furan rings is 1. The molecule has 5 heteroatoms. The Balaban J connectivity index is 1.68. The van der Waals surface area contributed by atoms with Gasteiger partial charge in [-0.3, -0.25) is 0 Å². The Labute approximate surface area is 166 Å². The number of nitrogens with zero attached hydrogens (tertiary/aromatic N) is 1. The number of benzene rings is 3. The molecule has 0 bridgehead atoms. The molecule has 0 radical (unpaired) electrons. The van der Waals surface area contributed by atoms with Gasteiger partial charge in [0, 0.05) is 27.3 Å². The SMILES string of the molecule is COc1ccc(-c2csc(-c3ccc(OC)c4oc5ccccc5c34)n2)cc1. The lowest BCUT2D eigenvalue weighted by Gasteiger charge is -2.04. The van der Waals surface area contributed by atoms with Gasteiger partial charge in [-0.2, -0.15) is 0 Å². The molecule has 28 heavy (non-hydrogen) atoms. The number of thiazole rings is 1. The fraction of sp³-hybridized carbons (Fsp3) is 0.0870. The predicted octanol–water partition coefficient (Wildman–Crippen LogP) is 6.39. The minimum Gasteiger partial charge on any atom is -0.497 e. The highest BCUT2D eigenvalue weighted by atomic mass is 32.1. The first kappa shape index (κ1) is 16.8. The first-order valence-corrected chi connectivity index (χ1v) is 9.75. The van der Waals surface area contributed by atoms with Crippen LogP contribution in [0.15, 0.2) is 70.5 Å². The molecule has 0 saturated heterocycles. The summed E-state index contributed by atoms with van der Waals surface area (Å²) in [5.74, 6) is 1.56. The topological polar surface area (TPSA) is 44.5 Å². The Hall–Kier alpha value is -3.31. The number of ether oxygens (including phenoxy) is 2. The number of para-hydroxylation sites is 1. The molecule has 0 aliphatic rings. The van der Waals surface area contributed by atoms with Crippen LogP contribution in [0.2, 0.25) is 0 Å². The minimum absolute atomic E-state index is 0.724. The Kier molecular flexibility index (Phi) is 4.02. The number of aromatic nitrogens is 1. The fourth-order valence-electron chi connectivity index (χ4n) is 3.44. The largest absolute Gasteiger partial charge is 0.497 e. The van der Waals surface area contributed by atoms with E-state index in [1.165, 1.54) is 0 Å². The van der Waals surface area contributed by atoms with Crippen molar-refractivity contribution < 1.29 is 13.9 Å². The summed E-state index contributed by atoms with van der Waals surface area (Å²) in [6.45, 7) is 0. The third-order valence-electron chi connectivity index (χ3n) is 4.83. The van der Waals surface area contributed by atoms with Crippen LogP contribution in [-0.4, -0.2) is 19.2 Å². The lowest BCUT2D eigenvalue weighted by molar-refractivity contribution is 0.412. The van der Waals surface area contributed by atoms with Gasteiger partial charge in [-0.25, -0.2) is 4.98 Å². The van der Waals surface area contributed by atoms with Crippen LogP contribution in [0, 0.1) is 0 Å². The fourth-order valence-corrected chi connectivity index (χ4v) is 4.30. The molecule has 0 saturated carbocycles. The van der Waals surface area contributed by atoms with Crippen LogP contribution in [0.5, 0.6) is 11.5 Å². The summed E-state index contributed by atoms with van der Waals surface area (Å²) in [4.78, 5) is 4.89. The zero-order valence-electron chi connectivity index (χ0n) is 15.4. The van der Waals surface area contributed by atoms with Crippen molar-refractivity contribution in [1.29, 1.82) is 0 Å². The van der Waals surface area contributed by atoms with Gasteiger partial charge < -0.3 is 13.9 Å². The third kappa shape index (κ3) is 2.63. The van der Waals surface area contributed by atoms with Crippen LogP contribution in [0.4, 0.5) is 0 Å². The highest BCUT2D eigenvalue weighted by Crippen LogP contribution is 2.42. The predicted molar refractivity (Wildman–Crippen MR) is 113 cm³/mol. The number of fused-ring (bicyclic) bond motifs is 3. The molecule has 0 aliphatic carbocycles. The number of hydrogen-bond donors (Lipinski definition) is 0. The first-order chi connectivity index (χ1) is 13.8. The third-order valence-corrected chi connectivity index (χ3v) is 5.71. The zero-order chi connectivity index (χ0) is 19.1. The Morgan fingerprint density at radius 1 is 0.893 bits per heavy atom. The van der Waals surface area contributed by atoms with Gasteiger partial charge in [-0.05, 0) is 42.5 Å². The van der Waals surface area contributed by atoms with Crippen molar-refractivity contribution in [2.24, 2.45) is 0 Å². The molecule has 0 amide bonds. The maximum atomic E-state index is 6.09. The van der Waals surface area contributed by atoms with Crippen molar-refractivity contribution in [2.45, 2.75) is 0 Å². The lowest BCUT2D eigenvalue weighted by atomic mass is 10.1. The Morgan fingerprint density at radius 3 is 2.50 bits per heavy atom. The summed E-state index contributed by atoms with van der Waals surface area (Å²) in [6, 6.07) is 20.0. The van der Waals surface area contributed by atoms with Crippen molar-refractivity contribution in [3.63, 3.8) is 0 Å². The van der Waals surface area contributed by atoms with Crippen LogP contribution in [0.3, 0.4) is 0 Å². The van der Waals surface area contributed by atoms with E-state index in [1.807, 2.05) is 48.5 Å². The molecule has 0 N–H and O–H groups in total. The van der Waals surface area contributed by atoms with Gasteiger partial charge in [0.15, 0.2) is 11.3 Å². The molecule has 0 fully saturated rings. The van der Waals surface area contributed by atoms with Gasteiger partial charge in [0.2, 0.25) is 0 Å². The number of methoxy groups -OCH3 is 2. The van der Waals surface area contributed by atoms with E-state index in [0.29, 0.717) is 0 Å². The van der Waals surface area contributed by atoms with E-state index in [0.717, 1.165) is 55.3 Å². The van der Waals surface area contributed by atoms with Crippen LogP contribution in [0.25, 0.3) is 43.8 Å². The summed E-state index contributed by atoms with van der Waals surface area (Å²) in [6.07, 6.45) is 0. The van der Waals surface area contributed by atoms with Crippen LogP contribution in [-0.2, 0) is 0 Å². The zero-order valence-corrected chi connectivity index (χ0v) is 16.2. The Morgan fingerprint density at radius 2 is 1.71 bits per heavy atom. The van der Waals surface area contributed by atoms with E-state index < -0.39 is 0 Å². The minimum atomic E-state index is 0.724. The molecule has 0 spiro atoms. The summed E-state index contributed by atoms with van der Waals surface area (Å²) in [5.41, 5.74) is 4.65. The normalized spacial score (nSPS) is 11.2. The molecule has 2 heterocycles. The average molecular weight is 387 g/mol. The van der Waals surface area contributed by atoms with Gasteiger partial charge >= 0.3 is 0 Å². The second-order valence-electron chi connectivity index (χ2n) is 6.38. The van der Waals surface area contributed by atoms with Gasteiger partial charge in [0.1, 0.15) is 16.3 Å². The van der Waals surface area contributed by atoms with E-state index in [2.05, 4.69) is 17.5 Å². The molecule has 4 nitrogen and oxygen atoms in total. The van der Waals surface area contributed by atoms with E-state index >= 15 is 0 Å². The maximum Gasteiger partial charge on any atom is 0.177 e. The molecule has 0 unspecified atom stereocenters. The van der Waals surface area contributed by atoms with E-state index in [-0.39, 0.29) is 0 Å². The van der Waals surface area contributed by atoms with Crippen molar-refractivity contribution in [2.75, 3.05) is 14.2 Å². The summed E-state index contributed by atoms with van der Waals surface area (Å²) < 4.78 is 16.9. The molecule has 0 aliphatic heterocycles. The molecule has 2 aromatic heterocycles. The number of hydrogen-bond acceptors (Lipinski definition) is 5. The molecular formula is C23H17NO3S. The van der Waals surface area contributed by atoms with Gasteiger partial charge in [-0.1, -0.05) is 18.2 Å². The quantitative estimate of drug-likeness (QED) is 0.358. The Bertz CT molecular complexity index is 1280. The second kappa shape index (κ2) is 6.69. The van der Waals surface area contributed by atoms with Crippen LogP contribution >= 0.6 is 11.3 Å². The molecule has 5 aromatic rings. The summed E-state index contributed by atoms with van der Waals surface area (Å²) >= 11 is 1.62. The van der Waals surface area contributed by atoms with E-state index in [9.17, 15) is 0 Å². The highest BCUT2D eigenvalue weighted by Gasteiger charge is 2.18. The molecule has 138 valence electrons. The second-order valence-corrected chi connectivity index (χ2v) is 7.24. The average Bonchev–Trinajstić information content (AvgIpc) is 3.38.